The number of aryl methyl sites for hydroxylation is 1. The number of sulfonamides is 1. The van der Waals surface area contributed by atoms with E-state index in [4.69, 9.17) is 21.1 Å². The second-order valence-electron chi connectivity index (χ2n) is 8.40. The predicted octanol–water partition coefficient (Wildman–Crippen LogP) is 4.19. The summed E-state index contributed by atoms with van der Waals surface area (Å²) in [4.78, 5) is 16.8. The number of methoxy groups -OCH3 is 1. The lowest BCUT2D eigenvalue weighted by molar-refractivity contribution is -0.133. The predicted molar refractivity (Wildman–Crippen MR) is 141 cm³/mol. The van der Waals surface area contributed by atoms with Crippen LogP contribution in [0, 0.1) is 6.92 Å². The minimum absolute atomic E-state index is 0.103. The summed E-state index contributed by atoms with van der Waals surface area (Å²) in [7, 11) is -2.24. The molecule has 0 bridgehead atoms. The summed E-state index contributed by atoms with van der Waals surface area (Å²) in [6, 6.07) is 18.8. The Balaban J connectivity index is 1.31. The van der Waals surface area contributed by atoms with Crippen LogP contribution in [0.1, 0.15) is 5.56 Å². The minimum atomic E-state index is -3.79. The van der Waals surface area contributed by atoms with Crippen molar-refractivity contribution >= 4 is 38.9 Å². The van der Waals surface area contributed by atoms with Crippen LogP contribution >= 0.6 is 11.6 Å². The number of piperazine rings is 1. The lowest BCUT2D eigenvalue weighted by atomic mass is 10.2. The molecule has 1 aliphatic rings. The molecule has 10 heteroatoms. The van der Waals surface area contributed by atoms with Gasteiger partial charge in [-0.1, -0.05) is 17.7 Å². The number of halogens is 1. The molecular formula is C26H28ClN3O5S. The molecule has 190 valence electrons. The van der Waals surface area contributed by atoms with E-state index in [-0.39, 0.29) is 17.4 Å². The molecule has 36 heavy (non-hydrogen) atoms. The number of benzene rings is 3. The van der Waals surface area contributed by atoms with Crippen molar-refractivity contribution in [3.8, 4) is 11.5 Å². The van der Waals surface area contributed by atoms with E-state index in [0.717, 1.165) is 5.69 Å². The first-order valence-electron chi connectivity index (χ1n) is 11.4. The molecule has 1 amide bonds. The van der Waals surface area contributed by atoms with Crippen LogP contribution in [0.2, 0.25) is 5.02 Å². The Morgan fingerprint density at radius 1 is 1.00 bits per heavy atom. The Morgan fingerprint density at radius 2 is 1.72 bits per heavy atom. The van der Waals surface area contributed by atoms with Gasteiger partial charge < -0.3 is 19.3 Å². The number of carbonyl (C=O) groups excluding carboxylic acids is 1. The summed E-state index contributed by atoms with van der Waals surface area (Å²) in [5.74, 6) is 0.982. The summed E-state index contributed by atoms with van der Waals surface area (Å²) in [6.07, 6.45) is 0. The van der Waals surface area contributed by atoms with Gasteiger partial charge in [0.15, 0.2) is 6.61 Å². The van der Waals surface area contributed by atoms with Crippen LogP contribution in [0.5, 0.6) is 11.5 Å². The fourth-order valence-electron chi connectivity index (χ4n) is 3.94. The summed E-state index contributed by atoms with van der Waals surface area (Å²) in [5, 5.41) is 0.685. The van der Waals surface area contributed by atoms with Crippen LogP contribution < -0.4 is 19.1 Å². The maximum atomic E-state index is 12.8. The largest absolute Gasteiger partial charge is 0.497 e. The molecule has 1 heterocycles. The summed E-state index contributed by atoms with van der Waals surface area (Å²) in [5.41, 5.74) is 2.08. The second kappa shape index (κ2) is 11.1. The smallest absolute Gasteiger partial charge is 0.261 e. The Labute approximate surface area is 216 Å². The fourth-order valence-corrected chi connectivity index (χ4v) is 5.27. The van der Waals surface area contributed by atoms with E-state index in [0.29, 0.717) is 54.0 Å². The molecule has 0 saturated carbocycles. The summed E-state index contributed by atoms with van der Waals surface area (Å²) >= 11 is 6.09. The average Bonchev–Trinajstić information content (AvgIpc) is 2.88. The van der Waals surface area contributed by atoms with E-state index >= 15 is 0 Å². The molecule has 3 aromatic rings. The second-order valence-corrected chi connectivity index (χ2v) is 10.5. The summed E-state index contributed by atoms with van der Waals surface area (Å²) in [6.45, 7) is 4.21. The van der Waals surface area contributed by atoms with Crippen molar-refractivity contribution in [2.75, 3.05) is 49.5 Å². The zero-order valence-corrected chi connectivity index (χ0v) is 21.7. The molecule has 0 atom stereocenters. The maximum Gasteiger partial charge on any atom is 0.261 e. The normalized spacial score (nSPS) is 13.9. The van der Waals surface area contributed by atoms with Gasteiger partial charge in [0.05, 0.1) is 12.0 Å². The molecule has 4 rings (SSSR count). The van der Waals surface area contributed by atoms with Crippen molar-refractivity contribution in [3.05, 3.63) is 77.3 Å². The summed E-state index contributed by atoms with van der Waals surface area (Å²) < 4.78 is 38.9. The molecule has 3 aromatic carbocycles. The van der Waals surface area contributed by atoms with Crippen LogP contribution in [0.4, 0.5) is 11.4 Å². The number of hydrogen-bond acceptors (Lipinski definition) is 6. The van der Waals surface area contributed by atoms with Gasteiger partial charge in [0.1, 0.15) is 11.5 Å². The number of carbonyl (C=O) groups is 1. The zero-order valence-electron chi connectivity index (χ0n) is 20.1. The van der Waals surface area contributed by atoms with Crippen molar-refractivity contribution in [2.24, 2.45) is 0 Å². The SMILES string of the molecule is COc1ccc(NS(=O)(=O)c2ccc(OCC(=O)N3CCN(c4cccc(Cl)c4)CC3)c(C)c2)cc1. The Kier molecular flexibility index (Phi) is 7.91. The van der Waals surface area contributed by atoms with E-state index in [2.05, 4.69) is 9.62 Å². The van der Waals surface area contributed by atoms with Gasteiger partial charge >= 0.3 is 0 Å². The van der Waals surface area contributed by atoms with Gasteiger partial charge in [-0.25, -0.2) is 8.42 Å². The maximum absolute atomic E-state index is 12.8. The van der Waals surface area contributed by atoms with Crippen molar-refractivity contribution in [3.63, 3.8) is 0 Å². The highest BCUT2D eigenvalue weighted by molar-refractivity contribution is 7.92. The van der Waals surface area contributed by atoms with Gasteiger partial charge in [0.25, 0.3) is 15.9 Å². The van der Waals surface area contributed by atoms with E-state index in [1.54, 1.807) is 49.3 Å². The molecule has 0 aromatic heterocycles. The monoisotopic (exact) mass is 529 g/mol. The highest BCUT2D eigenvalue weighted by Crippen LogP contribution is 2.25. The molecule has 1 N–H and O–H groups in total. The van der Waals surface area contributed by atoms with Crippen LogP contribution in [0.25, 0.3) is 0 Å². The van der Waals surface area contributed by atoms with Crippen LogP contribution in [0.3, 0.4) is 0 Å². The van der Waals surface area contributed by atoms with Gasteiger partial charge in [0.2, 0.25) is 0 Å². The molecule has 1 saturated heterocycles. The van der Waals surface area contributed by atoms with Gasteiger partial charge in [0, 0.05) is 42.6 Å². The molecule has 1 aliphatic heterocycles. The van der Waals surface area contributed by atoms with Crippen molar-refractivity contribution in [2.45, 2.75) is 11.8 Å². The standard InChI is InChI=1S/C26H28ClN3O5S/c1-19-16-24(36(32,33)28-21-6-8-23(34-2)9-7-21)10-11-25(19)35-18-26(31)30-14-12-29(13-15-30)22-5-3-4-20(27)17-22/h3-11,16-17,28H,12-15,18H2,1-2H3. The highest BCUT2D eigenvalue weighted by atomic mass is 35.5. The Morgan fingerprint density at radius 3 is 2.36 bits per heavy atom. The lowest BCUT2D eigenvalue weighted by Gasteiger charge is -2.36. The number of anilines is 2. The highest BCUT2D eigenvalue weighted by Gasteiger charge is 2.22. The molecule has 8 nitrogen and oxygen atoms in total. The van der Waals surface area contributed by atoms with Gasteiger partial charge in [-0.2, -0.15) is 0 Å². The first-order chi connectivity index (χ1) is 17.2. The molecule has 0 radical (unpaired) electrons. The van der Waals surface area contributed by atoms with Gasteiger partial charge in [-0.05, 0) is 73.2 Å². The van der Waals surface area contributed by atoms with Crippen molar-refractivity contribution in [1.29, 1.82) is 0 Å². The third-order valence-electron chi connectivity index (χ3n) is 5.96. The fraction of sp³-hybridized carbons (Fsp3) is 0.269. The minimum Gasteiger partial charge on any atom is -0.497 e. The number of rotatable bonds is 8. The number of nitrogens with zero attached hydrogens (tertiary/aromatic N) is 2. The first kappa shape index (κ1) is 25.7. The molecule has 0 aliphatic carbocycles. The number of amides is 1. The first-order valence-corrected chi connectivity index (χ1v) is 13.3. The quantitative estimate of drug-likeness (QED) is 0.471. The van der Waals surface area contributed by atoms with E-state index in [9.17, 15) is 13.2 Å². The molecular weight excluding hydrogens is 502 g/mol. The average molecular weight is 530 g/mol. The van der Waals surface area contributed by atoms with E-state index in [1.807, 2.05) is 24.3 Å². The molecule has 0 unspecified atom stereocenters. The van der Waals surface area contributed by atoms with Crippen LogP contribution in [-0.2, 0) is 14.8 Å². The van der Waals surface area contributed by atoms with Gasteiger partial charge in [-0.15, -0.1) is 0 Å². The number of ether oxygens (including phenoxy) is 2. The third-order valence-corrected chi connectivity index (χ3v) is 7.57. The topological polar surface area (TPSA) is 88.2 Å². The third kappa shape index (κ3) is 6.22. The Hall–Kier alpha value is -3.43. The zero-order chi connectivity index (χ0) is 25.7. The molecule has 1 fully saturated rings. The lowest BCUT2D eigenvalue weighted by Crippen LogP contribution is -2.50. The van der Waals surface area contributed by atoms with Gasteiger partial charge in [-0.3, -0.25) is 9.52 Å². The Bertz CT molecular complexity index is 1320. The van der Waals surface area contributed by atoms with E-state index < -0.39 is 10.0 Å². The van der Waals surface area contributed by atoms with Crippen LogP contribution in [0.15, 0.2) is 71.6 Å². The number of hydrogen-bond donors (Lipinski definition) is 1. The number of nitrogens with one attached hydrogen (secondary N) is 1. The van der Waals surface area contributed by atoms with Crippen molar-refractivity contribution in [1.82, 2.24) is 4.90 Å². The van der Waals surface area contributed by atoms with E-state index in [1.165, 1.54) is 12.1 Å². The molecule has 0 spiro atoms. The van der Waals surface area contributed by atoms with Crippen molar-refractivity contribution < 1.29 is 22.7 Å². The van der Waals surface area contributed by atoms with Crippen LogP contribution in [-0.4, -0.2) is 59.1 Å².